The minimum Gasteiger partial charge on any atom is -0.395 e. The molecule has 1 unspecified atom stereocenters. The minimum atomic E-state index is 0.214. The van der Waals surface area contributed by atoms with Gasteiger partial charge in [0, 0.05) is 24.8 Å². The molecule has 3 heteroatoms. The second kappa shape index (κ2) is 5.32. The van der Waals surface area contributed by atoms with E-state index in [1.54, 1.807) is 0 Å². The molecular weight excluding hydrogens is 200 g/mol. The van der Waals surface area contributed by atoms with E-state index in [1.807, 2.05) is 7.05 Å². The van der Waals surface area contributed by atoms with E-state index >= 15 is 0 Å². The second-order valence-corrected chi connectivity index (χ2v) is 4.32. The maximum atomic E-state index is 9.11. The van der Waals surface area contributed by atoms with Gasteiger partial charge in [-0.1, -0.05) is 18.2 Å². The Morgan fingerprint density at radius 1 is 1.44 bits per heavy atom. The first-order chi connectivity index (χ1) is 7.85. The molecule has 0 fully saturated rings. The highest BCUT2D eigenvalue weighted by atomic mass is 16.3. The fraction of sp³-hybridized carbons (Fsp3) is 0.538. The van der Waals surface area contributed by atoms with Gasteiger partial charge in [0.2, 0.25) is 0 Å². The molecule has 0 bridgehead atoms. The lowest BCUT2D eigenvalue weighted by molar-refractivity contribution is 0.243. The number of nitrogens with one attached hydrogen (secondary N) is 1. The molecule has 16 heavy (non-hydrogen) atoms. The van der Waals surface area contributed by atoms with Crippen LogP contribution in [0.4, 0.5) is 5.69 Å². The van der Waals surface area contributed by atoms with Gasteiger partial charge in [0.15, 0.2) is 0 Å². The van der Waals surface area contributed by atoms with Crippen molar-refractivity contribution in [3.63, 3.8) is 0 Å². The van der Waals surface area contributed by atoms with Gasteiger partial charge >= 0.3 is 0 Å². The van der Waals surface area contributed by atoms with Crippen molar-refractivity contribution in [3.05, 3.63) is 29.8 Å². The summed E-state index contributed by atoms with van der Waals surface area (Å²) in [5, 5.41) is 12.2. The second-order valence-electron chi connectivity index (χ2n) is 4.32. The van der Waals surface area contributed by atoms with Crippen LogP contribution < -0.4 is 10.2 Å². The standard InChI is InChI=1S/C13H20N2O/c1-14-12(10-16)7-9-15-8-6-11-4-2-3-5-13(11)15/h2-5,12,14,16H,6-10H2,1H3. The van der Waals surface area contributed by atoms with E-state index in [-0.39, 0.29) is 12.6 Å². The number of hydrogen-bond acceptors (Lipinski definition) is 3. The van der Waals surface area contributed by atoms with Crippen LogP contribution in [0.3, 0.4) is 0 Å². The highest BCUT2D eigenvalue weighted by Gasteiger charge is 2.18. The Labute approximate surface area is 97.1 Å². The Kier molecular flexibility index (Phi) is 3.80. The van der Waals surface area contributed by atoms with Crippen LogP contribution in [-0.2, 0) is 6.42 Å². The van der Waals surface area contributed by atoms with Gasteiger partial charge in [0.05, 0.1) is 6.61 Å². The van der Waals surface area contributed by atoms with Crippen molar-refractivity contribution in [3.8, 4) is 0 Å². The zero-order valence-electron chi connectivity index (χ0n) is 9.82. The number of likely N-dealkylation sites (N-methyl/N-ethyl adjacent to an activating group) is 1. The van der Waals surface area contributed by atoms with Gasteiger partial charge in [0.1, 0.15) is 0 Å². The SMILES string of the molecule is CNC(CO)CCN1CCc2ccccc21. The highest BCUT2D eigenvalue weighted by Crippen LogP contribution is 2.27. The first-order valence-corrected chi connectivity index (χ1v) is 5.96. The smallest absolute Gasteiger partial charge is 0.0585 e. The topological polar surface area (TPSA) is 35.5 Å². The van der Waals surface area contributed by atoms with E-state index < -0.39 is 0 Å². The average molecular weight is 220 g/mol. The van der Waals surface area contributed by atoms with Gasteiger partial charge in [-0.3, -0.25) is 0 Å². The lowest BCUT2D eigenvalue weighted by Crippen LogP contribution is -2.34. The van der Waals surface area contributed by atoms with Crippen LogP contribution in [0, 0.1) is 0 Å². The van der Waals surface area contributed by atoms with Crippen LogP contribution in [0.1, 0.15) is 12.0 Å². The van der Waals surface area contributed by atoms with Crippen LogP contribution in [0.2, 0.25) is 0 Å². The molecule has 0 saturated carbocycles. The quantitative estimate of drug-likeness (QED) is 0.777. The van der Waals surface area contributed by atoms with Crippen LogP contribution >= 0.6 is 0 Å². The monoisotopic (exact) mass is 220 g/mol. The number of hydrogen-bond donors (Lipinski definition) is 2. The average Bonchev–Trinajstić information content (AvgIpc) is 2.74. The fourth-order valence-electron chi connectivity index (χ4n) is 2.28. The molecule has 0 saturated heterocycles. The zero-order chi connectivity index (χ0) is 11.4. The largest absolute Gasteiger partial charge is 0.395 e. The van der Waals surface area contributed by atoms with Gasteiger partial charge in [0.25, 0.3) is 0 Å². The molecule has 0 radical (unpaired) electrons. The highest BCUT2D eigenvalue weighted by molar-refractivity contribution is 5.57. The van der Waals surface area contributed by atoms with Crippen molar-refractivity contribution < 1.29 is 5.11 Å². The van der Waals surface area contributed by atoms with Gasteiger partial charge < -0.3 is 15.3 Å². The summed E-state index contributed by atoms with van der Waals surface area (Å²) in [5.74, 6) is 0. The predicted molar refractivity (Wildman–Crippen MR) is 66.9 cm³/mol. The Hall–Kier alpha value is -1.06. The van der Waals surface area contributed by atoms with E-state index in [0.29, 0.717) is 0 Å². The first-order valence-electron chi connectivity index (χ1n) is 5.96. The molecule has 1 atom stereocenters. The number of fused-ring (bicyclic) bond motifs is 1. The number of anilines is 1. The molecule has 1 aliphatic heterocycles. The van der Waals surface area contributed by atoms with Crippen molar-refractivity contribution in [2.75, 3.05) is 31.6 Å². The van der Waals surface area contributed by atoms with Crippen molar-refractivity contribution >= 4 is 5.69 Å². The maximum Gasteiger partial charge on any atom is 0.0585 e. The molecule has 0 spiro atoms. The van der Waals surface area contributed by atoms with E-state index in [4.69, 9.17) is 5.11 Å². The zero-order valence-corrected chi connectivity index (χ0v) is 9.82. The van der Waals surface area contributed by atoms with Crippen LogP contribution in [-0.4, -0.2) is 37.9 Å². The molecule has 88 valence electrons. The molecule has 1 aliphatic rings. The van der Waals surface area contributed by atoms with Gasteiger partial charge in [-0.25, -0.2) is 0 Å². The number of para-hydroxylation sites is 1. The maximum absolute atomic E-state index is 9.11. The number of nitrogens with zero attached hydrogens (tertiary/aromatic N) is 1. The van der Waals surface area contributed by atoms with E-state index in [9.17, 15) is 0 Å². The summed E-state index contributed by atoms with van der Waals surface area (Å²) < 4.78 is 0. The molecular formula is C13H20N2O. The third kappa shape index (κ3) is 2.36. The third-order valence-corrected chi connectivity index (χ3v) is 3.36. The van der Waals surface area contributed by atoms with E-state index in [0.717, 1.165) is 25.9 Å². The van der Waals surface area contributed by atoms with E-state index in [2.05, 4.69) is 34.5 Å². The lowest BCUT2D eigenvalue weighted by atomic mass is 10.2. The summed E-state index contributed by atoms with van der Waals surface area (Å²) >= 11 is 0. The number of aliphatic hydroxyl groups excluding tert-OH is 1. The summed E-state index contributed by atoms with van der Waals surface area (Å²) in [7, 11) is 1.90. The molecule has 3 nitrogen and oxygen atoms in total. The summed E-state index contributed by atoms with van der Waals surface area (Å²) in [6.45, 7) is 2.34. The molecule has 0 amide bonds. The minimum absolute atomic E-state index is 0.214. The van der Waals surface area contributed by atoms with Crippen LogP contribution in [0.25, 0.3) is 0 Å². The molecule has 0 aromatic heterocycles. The molecule has 1 aromatic carbocycles. The molecule has 2 rings (SSSR count). The first kappa shape index (κ1) is 11.4. The number of benzene rings is 1. The summed E-state index contributed by atoms with van der Waals surface area (Å²) in [6.07, 6.45) is 2.14. The van der Waals surface area contributed by atoms with Gasteiger partial charge in [-0.2, -0.15) is 0 Å². The Bertz CT molecular complexity index is 336. The fourth-order valence-corrected chi connectivity index (χ4v) is 2.28. The number of aliphatic hydroxyl groups is 1. The molecule has 2 N–H and O–H groups in total. The summed E-state index contributed by atoms with van der Waals surface area (Å²) in [6, 6.07) is 8.81. The Morgan fingerprint density at radius 2 is 2.25 bits per heavy atom. The lowest BCUT2D eigenvalue weighted by Gasteiger charge is -2.22. The summed E-state index contributed by atoms with van der Waals surface area (Å²) in [4.78, 5) is 2.41. The molecule has 1 aromatic rings. The van der Waals surface area contributed by atoms with Crippen molar-refractivity contribution in [2.45, 2.75) is 18.9 Å². The predicted octanol–water partition coefficient (Wildman–Crippen LogP) is 1.02. The Balaban J connectivity index is 1.93. The normalized spacial score (nSPS) is 16.2. The number of rotatable bonds is 5. The van der Waals surface area contributed by atoms with Gasteiger partial charge in [-0.05, 0) is 31.5 Å². The van der Waals surface area contributed by atoms with E-state index in [1.165, 1.54) is 11.3 Å². The van der Waals surface area contributed by atoms with Crippen LogP contribution in [0.5, 0.6) is 0 Å². The third-order valence-electron chi connectivity index (χ3n) is 3.36. The van der Waals surface area contributed by atoms with Gasteiger partial charge in [-0.15, -0.1) is 0 Å². The summed E-state index contributed by atoms with van der Waals surface area (Å²) in [5.41, 5.74) is 2.82. The van der Waals surface area contributed by atoms with Crippen LogP contribution in [0.15, 0.2) is 24.3 Å². The molecule has 1 heterocycles. The van der Waals surface area contributed by atoms with Crippen molar-refractivity contribution in [2.24, 2.45) is 0 Å². The molecule has 0 aliphatic carbocycles. The van der Waals surface area contributed by atoms with Crippen molar-refractivity contribution in [1.29, 1.82) is 0 Å². The van der Waals surface area contributed by atoms with Crippen molar-refractivity contribution in [1.82, 2.24) is 5.32 Å². The Morgan fingerprint density at radius 3 is 3.00 bits per heavy atom.